The molecular formula is C22H23ClN4O3. The van der Waals surface area contributed by atoms with Gasteiger partial charge in [0.2, 0.25) is 0 Å². The lowest BCUT2D eigenvalue weighted by atomic mass is 10.2. The summed E-state index contributed by atoms with van der Waals surface area (Å²) in [5.74, 6) is 1.96. The van der Waals surface area contributed by atoms with Gasteiger partial charge in [-0.3, -0.25) is 10.2 Å². The van der Waals surface area contributed by atoms with E-state index in [0.29, 0.717) is 29.6 Å². The van der Waals surface area contributed by atoms with E-state index in [9.17, 15) is 4.79 Å². The van der Waals surface area contributed by atoms with Crippen LogP contribution in [0.4, 0.5) is 5.69 Å². The van der Waals surface area contributed by atoms with Crippen molar-refractivity contribution in [3.05, 3.63) is 75.7 Å². The zero-order valence-corrected chi connectivity index (χ0v) is 17.8. The molecule has 2 aromatic carbocycles. The first-order valence-corrected chi connectivity index (χ1v) is 9.80. The van der Waals surface area contributed by atoms with Gasteiger partial charge in [0.15, 0.2) is 0 Å². The van der Waals surface area contributed by atoms with E-state index >= 15 is 0 Å². The van der Waals surface area contributed by atoms with Crippen molar-refractivity contribution in [1.82, 2.24) is 9.78 Å². The predicted octanol–water partition coefficient (Wildman–Crippen LogP) is 4.38. The maximum absolute atomic E-state index is 12.6. The quantitative estimate of drug-likeness (QED) is 0.427. The van der Waals surface area contributed by atoms with Crippen LogP contribution in [0.25, 0.3) is 5.69 Å². The monoisotopic (exact) mass is 426 g/mol. The number of hydrogen-bond donors (Lipinski definition) is 1. The van der Waals surface area contributed by atoms with Gasteiger partial charge in [-0.25, -0.2) is 0 Å². The summed E-state index contributed by atoms with van der Waals surface area (Å²) in [6, 6.07) is 14.5. The molecule has 156 valence electrons. The minimum atomic E-state index is -0.450. The molecule has 1 heterocycles. The molecule has 1 aromatic heterocycles. The molecule has 0 aliphatic carbocycles. The highest BCUT2D eigenvalue weighted by atomic mass is 35.5. The fraction of sp³-hybridized carbons (Fsp3) is 0.227. The third-order valence-corrected chi connectivity index (χ3v) is 4.46. The van der Waals surface area contributed by atoms with E-state index in [1.807, 2.05) is 24.3 Å². The van der Waals surface area contributed by atoms with Crippen LogP contribution in [-0.4, -0.2) is 29.7 Å². The molecular weight excluding hydrogens is 404 g/mol. The third kappa shape index (κ3) is 5.39. The largest absolute Gasteiger partial charge is 0.497 e. The molecule has 0 amide bonds. The van der Waals surface area contributed by atoms with Gasteiger partial charge in [-0.2, -0.15) is 14.9 Å². The van der Waals surface area contributed by atoms with Crippen LogP contribution in [-0.2, 0) is 0 Å². The summed E-state index contributed by atoms with van der Waals surface area (Å²) in [6.45, 7) is 4.87. The molecule has 0 aliphatic rings. The summed E-state index contributed by atoms with van der Waals surface area (Å²) >= 11 is 6.22. The molecule has 0 unspecified atom stereocenters. The van der Waals surface area contributed by atoms with Gasteiger partial charge >= 0.3 is 0 Å². The first kappa shape index (κ1) is 21.4. The number of anilines is 1. The lowest BCUT2D eigenvalue weighted by Crippen LogP contribution is -2.22. The Morgan fingerprint density at radius 3 is 2.43 bits per heavy atom. The number of hydrogen-bond acceptors (Lipinski definition) is 6. The topological polar surface area (TPSA) is 77.7 Å². The van der Waals surface area contributed by atoms with E-state index in [4.69, 9.17) is 21.1 Å². The molecule has 30 heavy (non-hydrogen) atoms. The van der Waals surface area contributed by atoms with E-state index in [2.05, 4.69) is 29.5 Å². The van der Waals surface area contributed by atoms with Crippen molar-refractivity contribution in [1.29, 1.82) is 0 Å². The van der Waals surface area contributed by atoms with Gasteiger partial charge in [0.25, 0.3) is 5.56 Å². The van der Waals surface area contributed by atoms with Crippen molar-refractivity contribution in [2.45, 2.75) is 13.8 Å². The van der Waals surface area contributed by atoms with Gasteiger partial charge in [-0.1, -0.05) is 25.4 Å². The maximum atomic E-state index is 12.6. The van der Waals surface area contributed by atoms with Gasteiger partial charge in [0, 0.05) is 0 Å². The summed E-state index contributed by atoms with van der Waals surface area (Å²) in [7, 11) is 1.58. The normalized spacial score (nSPS) is 11.1. The fourth-order valence-electron chi connectivity index (χ4n) is 2.51. The Kier molecular flexibility index (Phi) is 7.08. The Hall–Kier alpha value is -3.32. The molecule has 0 saturated carbocycles. The summed E-state index contributed by atoms with van der Waals surface area (Å²) in [5, 5.41) is 8.30. The first-order chi connectivity index (χ1) is 14.5. The molecule has 3 rings (SSSR count). The van der Waals surface area contributed by atoms with E-state index in [0.717, 1.165) is 11.3 Å². The lowest BCUT2D eigenvalue weighted by Gasteiger charge is -2.09. The van der Waals surface area contributed by atoms with E-state index in [-0.39, 0.29) is 5.02 Å². The van der Waals surface area contributed by atoms with Crippen LogP contribution in [0.2, 0.25) is 5.02 Å². The highest BCUT2D eigenvalue weighted by Crippen LogP contribution is 2.18. The maximum Gasteiger partial charge on any atom is 0.292 e. The van der Waals surface area contributed by atoms with Crippen LogP contribution >= 0.6 is 11.6 Å². The van der Waals surface area contributed by atoms with Crippen molar-refractivity contribution < 1.29 is 9.47 Å². The average molecular weight is 427 g/mol. The Bertz CT molecular complexity index is 1060. The number of methoxy groups -OCH3 is 1. The van der Waals surface area contributed by atoms with Crippen molar-refractivity contribution in [2.24, 2.45) is 11.0 Å². The fourth-order valence-corrected chi connectivity index (χ4v) is 2.68. The van der Waals surface area contributed by atoms with Gasteiger partial charge in [0.05, 0.1) is 31.8 Å². The van der Waals surface area contributed by atoms with Crippen LogP contribution in [0.1, 0.15) is 19.4 Å². The van der Waals surface area contributed by atoms with Gasteiger partial charge in [-0.15, -0.1) is 0 Å². The molecule has 0 spiro atoms. The number of nitrogens with one attached hydrogen (secondary N) is 1. The Labute approximate surface area is 179 Å². The van der Waals surface area contributed by atoms with Crippen LogP contribution < -0.4 is 20.5 Å². The molecule has 3 aromatic rings. The number of nitrogens with zero attached hydrogens (tertiary/aromatic N) is 3. The molecule has 0 radical (unpaired) electrons. The zero-order valence-electron chi connectivity index (χ0n) is 17.0. The molecule has 0 saturated heterocycles. The third-order valence-electron chi connectivity index (χ3n) is 4.10. The second-order valence-corrected chi connectivity index (χ2v) is 7.31. The molecule has 7 nitrogen and oxygen atoms in total. The van der Waals surface area contributed by atoms with Crippen LogP contribution in [0.5, 0.6) is 11.5 Å². The average Bonchev–Trinajstić information content (AvgIpc) is 2.76. The summed E-state index contributed by atoms with van der Waals surface area (Å²) in [5.41, 5.74) is 4.08. The van der Waals surface area contributed by atoms with E-state index in [1.165, 1.54) is 10.9 Å². The number of ether oxygens (including phenoxy) is 2. The molecule has 0 fully saturated rings. The molecule has 0 atom stereocenters. The second kappa shape index (κ2) is 9.93. The van der Waals surface area contributed by atoms with E-state index < -0.39 is 5.56 Å². The summed E-state index contributed by atoms with van der Waals surface area (Å²) in [6.07, 6.45) is 3.08. The molecule has 8 heteroatoms. The standard InChI is InChI=1S/C22H23ClN4O3/c1-15(2)14-30-19-8-4-16(5-9-19)12-24-26-20-13-25-27(22(28)21(20)23)17-6-10-18(29-3)11-7-17/h4-13,15,26H,14H2,1-3H3/b24-12-. The summed E-state index contributed by atoms with van der Waals surface area (Å²) in [4.78, 5) is 12.6. The highest BCUT2D eigenvalue weighted by molar-refractivity contribution is 6.32. The zero-order chi connectivity index (χ0) is 21.5. The van der Waals surface area contributed by atoms with Crippen molar-refractivity contribution in [3.63, 3.8) is 0 Å². The Morgan fingerprint density at radius 2 is 1.80 bits per heavy atom. The number of aromatic nitrogens is 2. The van der Waals surface area contributed by atoms with Crippen LogP contribution in [0, 0.1) is 5.92 Å². The lowest BCUT2D eigenvalue weighted by molar-refractivity contribution is 0.271. The molecule has 0 aliphatic heterocycles. The Balaban J connectivity index is 1.68. The first-order valence-electron chi connectivity index (χ1n) is 9.42. The van der Waals surface area contributed by atoms with Crippen LogP contribution in [0.3, 0.4) is 0 Å². The van der Waals surface area contributed by atoms with Crippen LogP contribution in [0.15, 0.2) is 64.6 Å². The van der Waals surface area contributed by atoms with Crippen molar-refractivity contribution in [3.8, 4) is 17.2 Å². The number of benzene rings is 2. The van der Waals surface area contributed by atoms with E-state index in [1.54, 1.807) is 37.6 Å². The van der Waals surface area contributed by atoms with Crippen molar-refractivity contribution >= 4 is 23.5 Å². The Morgan fingerprint density at radius 1 is 1.13 bits per heavy atom. The highest BCUT2D eigenvalue weighted by Gasteiger charge is 2.10. The smallest absolute Gasteiger partial charge is 0.292 e. The SMILES string of the molecule is COc1ccc(-n2ncc(N/N=C\c3ccc(OCC(C)C)cc3)c(Cl)c2=O)cc1. The molecule has 1 N–H and O–H groups in total. The predicted molar refractivity (Wildman–Crippen MR) is 119 cm³/mol. The van der Waals surface area contributed by atoms with Gasteiger partial charge < -0.3 is 9.47 Å². The van der Waals surface area contributed by atoms with Gasteiger partial charge in [-0.05, 0) is 60.0 Å². The molecule has 0 bridgehead atoms. The number of halogens is 1. The second-order valence-electron chi connectivity index (χ2n) is 6.93. The minimum Gasteiger partial charge on any atom is -0.497 e. The summed E-state index contributed by atoms with van der Waals surface area (Å²) < 4.78 is 12.0. The van der Waals surface area contributed by atoms with Gasteiger partial charge in [0.1, 0.15) is 22.2 Å². The minimum absolute atomic E-state index is 0.00426. The number of hydrazone groups is 1. The van der Waals surface area contributed by atoms with Crippen molar-refractivity contribution in [2.75, 3.05) is 19.1 Å². The number of rotatable bonds is 8.